The molecule has 3 rings (SSSR count). The molecule has 1 aliphatic rings. The lowest BCUT2D eigenvalue weighted by Gasteiger charge is -2.35. The first-order chi connectivity index (χ1) is 11.5. The van der Waals surface area contributed by atoms with Crippen LogP contribution in [0.4, 0.5) is 0 Å². The number of benzene rings is 2. The standard InChI is InChI=1S/C21H26O4/c1-10-11(2)18(23)15(9-16(10)22)17-14-7-8-21(5,6)25-20(14)13(4)12(3)19(17)24/h9,22-24H,7-8H2,1-6H3. The zero-order valence-corrected chi connectivity index (χ0v) is 15.7. The fourth-order valence-corrected chi connectivity index (χ4v) is 3.51. The normalized spacial score (nSPS) is 15.6. The van der Waals surface area contributed by atoms with Crippen LogP contribution in [-0.2, 0) is 6.42 Å². The van der Waals surface area contributed by atoms with Crippen molar-refractivity contribution in [2.45, 2.75) is 60.0 Å². The molecule has 2 aromatic rings. The van der Waals surface area contributed by atoms with Crippen LogP contribution in [0.3, 0.4) is 0 Å². The third-order valence-corrected chi connectivity index (χ3v) is 5.53. The molecule has 0 atom stereocenters. The molecule has 4 heteroatoms. The van der Waals surface area contributed by atoms with Crippen LogP contribution in [0.25, 0.3) is 11.1 Å². The van der Waals surface area contributed by atoms with Crippen molar-refractivity contribution in [3.8, 4) is 34.1 Å². The Hall–Kier alpha value is -2.36. The first-order valence-electron chi connectivity index (χ1n) is 8.61. The van der Waals surface area contributed by atoms with Gasteiger partial charge < -0.3 is 20.1 Å². The largest absolute Gasteiger partial charge is 0.508 e. The lowest BCUT2D eigenvalue weighted by atomic mass is 9.84. The average Bonchev–Trinajstić information content (AvgIpc) is 2.55. The highest BCUT2D eigenvalue weighted by Gasteiger charge is 2.33. The molecule has 0 saturated heterocycles. The van der Waals surface area contributed by atoms with E-state index in [1.165, 1.54) is 6.07 Å². The van der Waals surface area contributed by atoms with Gasteiger partial charge in [0.05, 0.1) is 0 Å². The molecule has 0 aliphatic carbocycles. The van der Waals surface area contributed by atoms with Crippen LogP contribution in [0.5, 0.6) is 23.0 Å². The predicted octanol–water partition coefficient (Wildman–Crippen LogP) is 4.81. The van der Waals surface area contributed by atoms with Gasteiger partial charge in [0.2, 0.25) is 0 Å². The first-order valence-corrected chi connectivity index (χ1v) is 8.61. The van der Waals surface area contributed by atoms with Gasteiger partial charge in [-0.1, -0.05) is 0 Å². The minimum Gasteiger partial charge on any atom is -0.508 e. The van der Waals surface area contributed by atoms with Crippen LogP contribution in [0.1, 0.15) is 48.1 Å². The Morgan fingerprint density at radius 1 is 0.880 bits per heavy atom. The van der Waals surface area contributed by atoms with Crippen molar-refractivity contribution in [1.29, 1.82) is 0 Å². The second kappa shape index (κ2) is 5.58. The van der Waals surface area contributed by atoms with Gasteiger partial charge in [-0.15, -0.1) is 0 Å². The van der Waals surface area contributed by atoms with E-state index in [9.17, 15) is 15.3 Å². The molecule has 134 valence electrons. The van der Waals surface area contributed by atoms with Crippen LogP contribution < -0.4 is 4.74 Å². The van der Waals surface area contributed by atoms with Gasteiger partial charge in [0.25, 0.3) is 0 Å². The summed E-state index contributed by atoms with van der Waals surface area (Å²) in [6.45, 7) is 11.4. The molecule has 3 N–H and O–H groups in total. The number of ether oxygens (including phenoxy) is 1. The van der Waals surface area contributed by atoms with Crippen molar-refractivity contribution in [2.24, 2.45) is 0 Å². The topological polar surface area (TPSA) is 69.9 Å². The van der Waals surface area contributed by atoms with Crippen molar-refractivity contribution in [2.75, 3.05) is 0 Å². The molecule has 0 unspecified atom stereocenters. The Morgan fingerprint density at radius 3 is 2.12 bits per heavy atom. The van der Waals surface area contributed by atoms with Crippen LogP contribution in [0, 0.1) is 27.7 Å². The smallest absolute Gasteiger partial charge is 0.127 e. The van der Waals surface area contributed by atoms with Gasteiger partial charge in [-0.05, 0) is 82.7 Å². The van der Waals surface area contributed by atoms with E-state index in [0.717, 1.165) is 35.3 Å². The molecule has 0 saturated carbocycles. The van der Waals surface area contributed by atoms with Gasteiger partial charge in [-0.25, -0.2) is 0 Å². The lowest BCUT2D eigenvalue weighted by molar-refractivity contribution is 0.0836. The number of phenolic OH excluding ortho intramolecular Hbond substituents is 3. The van der Waals surface area contributed by atoms with Crippen LogP contribution in [0.2, 0.25) is 0 Å². The molecular weight excluding hydrogens is 316 g/mol. The van der Waals surface area contributed by atoms with E-state index < -0.39 is 0 Å². The first kappa shape index (κ1) is 17.5. The zero-order chi connectivity index (χ0) is 18.7. The van der Waals surface area contributed by atoms with Gasteiger partial charge in [-0.2, -0.15) is 0 Å². The summed E-state index contributed by atoms with van der Waals surface area (Å²) in [5.41, 5.74) is 4.50. The van der Waals surface area contributed by atoms with Crippen LogP contribution in [-0.4, -0.2) is 20.9 Å². The summed E-state index contributed by atoms with van der Waals surface area (Å²) in [5, 5.41) is 31.8. The third-order valence-electron chi connectivity index (χ3n) is 5.53. The second-order valence-electron chi connectivity index (χ2n) is 7.68. The minimum atomic E-state index is -0.272. The van der Waals surface area contributed by atoms with Gasteiger partial charge in [0.1, 0.15) is 28.6 Å². The molecule has 1 heterocycles. The van der Waals surface area contributed by atoms with E-state index in [1.54, 1.807) is 13.8 Å². The van der Waals surface area contributed by atoms with Gasteiger partial charge >= 0.3 is 0 Å². The molecule has 25 heavy (non-hydrogen) atoms. The van der Waals surface area contributed by atoms with E-state index in [1.807, 2.05) is 13.8 Å². The monoisotopic (exact) mass is 342 g/mol. The van der Waals surface area contributed by atoms with Crippen LogP contribution >= 0.6 is 0 Å². The van der Waals surface area contributed by atoms with E-state index in [4.69, 9.17) is 4.74 Å². The quantitative estimate of drug-likeness (QED) is 0.651. The Morgan fingerprint density at radius 2 is 1.48 bits per heavy atom. The van der Waals surface area contributed by atoms with E-state index >= 15 is 0 Å². The maximum atomic E-state index is 10.8. The van der Waals surface area contributed by atoms with Crippen molar-refractivity contribution < 1.29 is 20.1 Å². The molecule has 0 radical (unpaired) electrons. The molecule has 0 bridgehead atoms. The van der Waals surface area contributed by atoms with Crippen molar-refractivity contribution in [3.05, 3.63) is 33.9 Å². The molecule has 1 aliphatic heterocycles. The summed E-state index contributed by atoms with van der Waals surface area (Å²) in [6, 6.07) is 1.53. The van der Waals surface area contributed by atoms with Crippen LogP contribution in [0.15, 0.2) is 6.07 Å². The molecule has 4 nitrogen and oxygen atoms in total. The third kappa shape index (κ3) is 2.60. The van der Waals surface area contributed by atoms with Crippen molar-refractivity contribution in [1.82, 2.24) is 0 Å². The molecule has 0 amide bonds. The molecule has 0 aromatic heterocycles. The van der Waals surface area contributed by atoms with Gasteiger partial charge in [0.15, 0.2) is 0 Å². The number of aromatic hydroxyl groups is 3. The Balaban J connectivity index is 2.38. The summed E-state index contributed by atoms with van der Waals surface area (Å²) < 4.78 is 6.22. The molecule has 0 fully saturated rings. The highest BCUT2D eigenvalue weighted by atomic mass is 16.5. The maximum Gasteiger partial charge on any atom is 0.127 e. The second-order valence-corrected chi connectivity index (χ2v) is 7.68. The minimum absolute atomic E-state index is 0.0842. The van der Waals surface area contributed by atoms with E-state index in [0.29, 0.717) is 22.3 Å². The number of hydrogen-bond acceptors (Lipinski definition) is 4. The summed E-state index contributed by atoms with van der Waals surface area (Å²) in [7, 11) is 0. The SMILES string of the molecule is Cc1c(O)cc(-c2c(O)c(C)c(C)c3c2CCC(C)(C)O3)c(O)c1C. The van der Waals surface area contributed by atoms with E-state index in [2.05, 4.69) is 13.8 Å². The maximum absolute atomic E-state index is 10.8. The fourth-order valence-electron chi connectivity index (χ4n) is 3.51. The Labute approximate surface area is 148 Å². The molecule has 0 spiro atoms. The number of hydrogen-bond donors (Lipinski definition) is 3. The highest BCUT2D eigenvalue weighted by molar-refractivity contribution is 5.85. The average molecular weight is 342 g/mol. The van der Waals surface area contributed by atoms with Crippen molar-refractivity contribution in [3.63, 3.8) is 0 Å². The summed E-state index contributed by atoms with van der Waals surface area (Å²) in [5.74, 6) is 1.10. The summed E-state index contributed by atoms with van der Waals surface area (Å²) in [6.07, 6.45) is 1.55. The molecule has 2 aromatic carbocycles. The molecular formula is C21H26O4. The number of phenols is 3. The Bertz CT molecular complexity index is 879. The number of fused-ring (bicyclic) bond motifs is 1. The van der Waals surface area contributed by atoms with Crippen molar-refractivity contribution >= 4 is 0 Å². The fraction of sp³-hybridized carbons (Fsp3) is 0.429. The Kier molecular flexibility index (Phi) is 3.90. The summed E-state index contributed by atoms with van der Waals surface area (Å²) >= 11 is 0. The summed E-state index contributed by atoms with van der Waals surface area (Å²) in [4.78, 5) is 0. The highest BCUT2D eigenvalue weighted by Crippen LogP contribution is 2.51. The van der Waals surface area contributed by atoms with Gasteiger partial charge in [-0.3, -0.25) is 0 Å². The lowest BCUT2D eigenvalue weighted by Crippen LogP contribution is -2.33. The zero-order valence-electron chi connectivity index (χ0n) is 15.7. The van der Waals surface area contributed by atoms with E-state index in [-0.39, 0.29) is 22.8 Å². The predicted molar refractivity (Wildman–Crippen MR) is 98.8 cm³/mol. The van der Waals surface area contributed by atoms with Gasteiger partial charge in [0, 0.05) is 16.7 Å². The number of rotatable bonds is 1.